The lowest BCUT2D eigenvalue weighted by Gasteiger charge is -2.31. The normalized spacial score (nSPS) is 11.4. The van der Waals surface area contributed by atoms with Crippen molar-refractivity contribution >= 4 is 23.2 Å². The zero-order chi connectivity index (χ0) is 15.3. The average molecular weight is 327 g/mol. The molecule has 0 spiro atoms. The van der Waals surface area contributed by atoms with Crippen molar-refractivity contribution in [1.82, 2.24) is 0 Å². The quantitative estimate of drug-likeness (QED) is 0.693. The van der Waals surface area contributed by atoms with Crippen molar-refractivity contribution in [2.75, 3.05) is 18.9 Å². The summed E-state index contributed by atoms with van der Waals surface area (Å²) in [6.07, 6.45) is 0.591. The van der Waals surface area contributed by atoms with Gasteiger partial charge in [0.15, 0.2) is 0 Å². The third-order valence-electron chi connectivity index (χ3n) is 3.67. The fourth-order valence-corrected chi connectivity index (χ4v) is 3.20. The molecule has 4 heteroatoms. The first-order valence-electron chi connectivity index (χ1n) is 6.65. The van der Waals surface area contributed by atoms with Crippen molar-refractivity contribution < 1.29 is 9.13 Å². The van der Waals surface area contributed by atoms with Crippen molar-refractivity contribution in [3.05, 3.63) is 65.5 Å². The second-order valence-corrected chi connectivity index (χ2v) is 5.58. The van der Waals surface area contributed by atoms with Gasteiger partial charge in [-0.2, -0.15) is 0 Å². The summed E-state index contributed by atoms with van der Waals surface area (Å²) in [4.78, 5) is 0. The van der Waals surface area contributed by atoms with E-state index in [0.29, 0.717) is 18.2 Å². The smallest absolute Gasteiger partial charge is 0.123 e. The van der Waals surface area contributed by atoms with Crippen molar-refractivity contribution in [3.8, 4) is 5.75 Å². The van der Waals surface area contributed by atoms with Crippen LogP contribution in [0.15, 0.2) is 48.5 Å². The van der Waals surface area contributed by atoms with Gasteiger partial charge >= 0.3 is 0 Å². The van der Waals surface area contributed by atoms with Crippen LogP contribution in [0, 0.1) is 5.82 Å². The minimum Gasteiger partial charge on any atom is -0.496 e. The minimum atomic E-state index is -0.528. The summed E-state index contributed by atoms with van der Waals surface area (Å²) in [6, 6.07) is 14.2. The zero-order valence-corrected chi connectivity index (χ0v) is 13.3. The lowest BCUT2D eigenvalue weighted by atomic mass is 9.78. The Morgan fingerprint density at radius 2 is 1.76 bits per heavy atom. The van der Waals surface area contributed by atoms with Crippen molar-refractivity contribution in [1.29, 1.82) is 0 Å². The molecule has 0 saturated heterocycles. The van der Waals surface area contributed by atoms with Gasteiger partial charge in [-0.1, -0.05) is 30.3 Å². The van der Waals surface area contributed by atoms with Crippen LogP contribution in [-0.2, 0) is 11.8 Å². The van der Waals surface area contributed by atoms with Gasteiger partial charge in [0.2, 0.25) is 0 Å². The molecule has 0 N–H and O–H groups in total. The highest BCUT2D eigenvalue weighted by molar-refractivity contribution is 6.22. The monoisotopic (exact) mass is 326 g/mol. The Hall–Kier alpha value is -1.25. The number of alkyl halides is 2. The van der Waals surface area contributed by atoms with Gasteiger partial charge in [0.05, 0.1) is 7.11 Å². The van der Waals surface area contributed by atoms with Gasteiger partial charge in [0.25, 0.3) is 0 Å². The number of para-hydroxylation sites is 1. The largest absolute Gasteiger partial charge is 0.496 e. The van der Waals surface area contributed by atoms with E-state index in [-0.39, 0.29) is 5.82 Å². The second-order valence-electron chi connectivity index (χ2n) is 5.05. The summed E-state index contributed by atoms with van der Waals surface area (Å²) in [5.41, 5.74) is 1.28. The number of rotatable bonds is 6. The zero-order valence-electron chi connectivity index (χ0n) is 11.8. The van der Waals surface area contributed by atoms with E-state index in [4.69, 9.17) is 27.9 Å². The predicted molar refractivity (Wildman–Crippen MR) is 86.2 cm³/mol. The molecule has 2 aromatic carbocycles. The van der Waals surface area contributed by atoms with Crippen LogP contribution in [0.4, 0.5) is 4.39 Å². The van der Waals surface area contributed by atoms with Crippen LogP contribution in [0.1, 0.15) is 11.1 Å². The first-order chi connectivity index (χ1) is 10.1. The Labute approximate surface area is 134 Å². The molecule has 2 aromatic rings. The molecule has 0 aromatic heterocycles. The fraction of sp³-hybridized carbons (Fsp3) is 0.294. The Kier molecular flexibility index (Phi) is 5.49. The van der Waals surface area contributed by atoms with E-state index < -0.39 is 5.41 Å². The molecule has 0 heterocycles. The van der Waals surface area contributed by atoms with Crippen LogP contribution in [0.5, 0.6) is 5.75 Å². The molecule has 0 fully saturated rings. The van der Waals surface area contributed by atoms with Gasteiger partial charge in [0, 0.05) is 17.2 Å². The van der Waals surface area contributed by atoms with Gasteiger partial charge in [-0.15, -0.1) is 23.2 Å². The molecule has 0 atom stereocenters. The predicted octanol–water partition coefficient (Wildman–Crippen LogP) is 4.79. The fourth-order valence-electron chi connectivity index (χ4n) is 2.42. The van der Waals surface area contributed by atoms with E-state index in [1.165, 1.54) is 12.1 Å². The number of hydrogen-bond acceptors (Lipinski definition) is 1. The maximum atomic E-state index is 13.5. The van der Waals surface area contributed by atoms with Crippen LogP contribution in [0.2, 0.25) is 0 Å². The maximum Gasteiger partial charge on any atom is 0.123 e. The summed E-state index contributed by atoms with van der Waals surface area (Å²) in [5, 5.41) is 0. The van der Waals surface area contributed by atoms with E-state index in [1.807, 2.05) is 30.3 Å². The Bertz CT molecular complexity index is 597. The average Bonchev–Trinajstić information content (AvgIpc) is 2.53. The first kappa shape index (κ1) is 16.1. The maximum absolute atomic E-state index is 13.5. The van der Waals surface area contributed by atoms with Crippen LogP contribution in [0.3, 0.4) is 0 Å². The highest BCUT2D eigenvalue weighted by Crippen LogP contribution is 2.34. The second kappa shape index (κ2) is 7.15. The summed E-state index contributed by atoms with van der Waals surface area (Å²) < 4.78 is 18.9. The van der Waals surface area contributed by atoms with Crippen molar-refractivity contribution in [2.45, 2.75) is 11.8 Å². The van der Waals surface area contributed by atoms with E-state index >= 15 is 0 Å². The molecule has 0 bridgehead atoms. The Morgan fingerprint density at radius 3 is 2.38 bits per heavy atom. The lowest BCUT2D eigenvalue weighted by molar-refractivity contribution is 0.403. The van der Waals surface area contributed by atoms with Crippen LogP contribution in [-0.4, -0.2) is 18.9 Å². The Morgan fingerprint density at radius 1 is 1.05 bits per heavy atom. The summed E-state index contributed by atoms with van der Waals surface area (Å²) in [5.74, 6) is 1.11. The number of benzene rings is 2. The SMILES string of the molecule is COc1ccccc1CC(CCl)(CCl)c1cccc(F)c1. The summed E-state index contributed by atoms with van der Waals surface area (Å²) in [6.45, 7) is 0. The molecule has 21 heavy (non-hydrogen) atoms. The van der Waals surface area contributed by atoms with Crippen molar-refractivity contribution in [3.63, 3.8) is 0 Å². The molecule has 0 unspecified atom stereocenters. The first-order valence-corrected chi connectivity index (χ1v) is 7.72. The molecule has 0 aliphatic rings. The number of methoxy groups -OCH3 is 1. The standard InChI is InChI=1S/C17H17Cl2FO/c1-21-16-8-3-2-5-13(16)10-17(11-18,12-19)14-6-4-7-15(20)9-14/h2-9H,10-12H2,1H3. The molecule has 0 saturated carbocycles. The highest BCUT2D eigenvalue weighted by Gasteiger charge is 2.32. The highest BCUT2D eigenvalue weighted by atomic mass is 35.5. The van der Waals surface area contributed by atoms with E-state index in [0.717, 1.165) is 16.9 Å². The van der Waals surface area contributed by atoms with Gasteiger partial charge in [-0.25, -0.2) is 4.39 Å². The molecule has 1 nitrogen and oxygen atoms in total. The summed E-state index contributed by atoms with van der Waals surface area (Å²) in [7, 11) is 1.63. The lowest BCUT2D eigenvalue weighted by Crippen LogP contribution is -2.33. The molecule has 112 valence electrons. The number of ether oxygens (including phenoxy) is 1. The number of hydrogen-bond donors (Lipinski definition) is 0. The van der Waals surface area contributed by atoms with Crippen LogP contribution in [0.25, 0.3) is 0 Å². The third-order valence-corrected chi connectivity index (χ3v) is 4.69. The molecule has 0 amide bonds. The summed E-state index contributed by atoms with van der Waals surface area (Å²) >= 11 is 12.4. The van der Waals surface area contributed by atoms with Gasteiger partial charge in [-0.05, 0) is 35.7 Å². The van der Waals surface area contributed by atoms with E-state index in [2.05, 4.69) is 0 Å². The van der Waals surface area contributed by atoms with Crippen molar-refractivity contribution in [2.24, 2.45) is 0 Å². The van der Waals surface area contributed by atoms with Crippen LogP contribution >= 0.6 is 23.2 Å². The van der Waals surface area contributed by atoms with Gasteiger partial charge < -0.3 is 4.74 Å². The molecule has 2 rings (SSSR count). The van der Waals surface area contributed by atoms with E-state index in [9.17, 15) is 4.39 Å². The van der Waals surface area contributed by atoms with E-state index in [1.54, 1.807) is 13.2 Å². The van der Waals surface area contributed by atoms with Gasteiger partial charge in [-0.3, -0.25) is 0 Å². The Balaban J connectivity index is 2.43. The molecular weight excluding hydrogens is 310 g/mol. The molecule has 0 aliphatic heterocycles. The molecule has 0 aliphatic carbocycles. The molecular formula is C17H17Cl2FO. The van der Waals surface area contributed by atoms with Crippen LogP contribution < -0.4 is 4.74 Å². The molecule has 0 radical (unpaired) electrons. The minimum absolute atomic E-state index is 0.285. The number of halogens is 3. The third kappa shape index (κ3) is 3.50. The van der Waals surface area contributed by atoms with Gasteiger partial charge in [0.1, 0.15) is 11.6 Å². The topological polar surface area (TPSA) is 9.23 Å².